The largest absolute Gasteiger partial charge is 0.356 e. The minimum atomic E-state index is 0. The molecule has 1 saturated heterocycles. The molecule has 2 N–H and O–H groups in total. The molecule has 0 aliphatic carbocycles. The molecule has 1 unspecified atom stereocenters. The Hall–Kier alpha value is -0.820. The summed E-state index contributed by atoms with van der Waals surface area (Å²) in [4.78, 5) is 7.16. The van der Waals surface area contributed by atoms with Crippen molar-refractivity contribution in [2.24, 2.45) is 10.9 Å². The molecule has 1 fully saturated rings. The summed E-state index contributed by atoms with van der Waals surface area (Å²) < 4.78 is 0. The zero-order valence-corrected chi connectivity index (χ0v) is 16.3. The summed E-state index contributed by atoms with van der Waals surface area (Å²) in [6, 6.07) is 11.3. The zero-order valence-electron chi connectivity index (χ0n) is 14.0. The number of piperidine rings is 1. The van der Waals surface area contributed by atoms with E-state index in [4.69, 9.17) is 0 Å². The molecule has 1 atom stereocenters. The van der Waals surface area contributed by atoms with Gasteiger partial charge in [0.25, 0.3) is 0 Å². The first kappa shape index (κ1) is 18.5. The van der Waals surface area contributed by atoms with Crippen LogP contribution in [0.15, 0.2) is 35.3 Å². The maximum atomic E-state index is 4.53. The molecule has 4 nitrogen and oxygen atoms in total. The third-order valence-electron chi connectivity index (χ3n) is 4.80. The molecule has 1 aromatic carbocycles. The van der Waals surface area contributed by atoms with E-state index in [1.54, 1.807) is 0 Å². The second-order valence-electron chi connectivity index (χ2n) is 6.54. The number of nitrogens with one attached hydrogen (secondary N) is 2. The summed E-state index contributed by atoms with van der Waals surface area (Å²) in [6.07, 6.45) is 3.75. The van der Waals surface area contributed by atoms with Crippen LogP contribution in [0.4, 0.5) is 0 Å². The Morgan fingerprint density at radius 2 is 2.00 bits per heavy atom. The number of hydrogen-bond donors (Lipinski definition) is 2. The fourth-order valence-electron chi connectivity index (χ4n) is 3.32. The smallest absolute Gasteiger partial charge is 0.191 e. The van der Waals surface area contributed by atoms with Crippen LogP contribution in [0.1, 0.15) is 37.8 Å². The van der Waals surface area contributed by atoms with Gasteiger partial charge in [0.05, 0.1) is 6.04 Å². The number of halogens is 1. The van der Waals surface area contributed by atoms with Gasteiger partial charge in [-0.2, -0.15) is 0 Å². The fourth-order valence-corrected chi connectivity index (χ4v) is 3.32. The SMILES string of the molecule is CC1CCN(C(CNC2=NCCCN2)c2ccccc2)CC1.I. The second kappa shape index (κ2) is 9.47. The van der Waals surface area contributed by atoms with Gasteiger partial charge in [-0.05, 0) is 43.8 Å². The maximum absolute atomic E-state index is 4.53. The van der Waals surface area contributed by atoms with Gasteiger partial charge in [-0.25, -0.2) is 0 Å². The van der Waals surface area contributed by atoms with E-state index in [-0.39, 0.29) is 24.0 Å². The maximum Gasteiger partial charge on any atom is 0.191 e. The zero-order chi connectivity index (χ0) is 15.2. The average molecular weight is 428 g/mol. The monoisotopic (exact) mass is 428 g/mol. The number of benzene rings is 1. The van der Waals surface area contributed by atoms with Gasteiger partial charge in [-0.3, -0.25) is 9.89 Å². The molecule has 2 heterocycles. The van der Waals surface area contributed by atoms with E-state index < -0.39 is 0 Å². The van der Waals surface area contributed by atoms with E-state index in [0.29, 0.717) is 6.04 Å². The standard InChI is InChI=1S/C18H28N4.HI/c1-15-8-12-22(13-9-15)17(16-6-3-2-4-7-16)14-21-18-19-10-5-11-20-18;/h2-4,6-7,15,17H,5,8-14H2,1H3,(H2,19,20,21);1H. The highest BCUT2D eigenvalue weighted by Gasteiger charge is 2.24. The molecule has 0 amide bonds. The predicted octanol–water partition coefficient (Wildman–Crippen LogP) is 3.02. The van der Waals surface area contributed by atoms with E-state index in [1.165, 1.54) is 31.5 Å². The lowest BCUT2D eigenvalue weighted by Gasteiger charge is -2.37. The van der Waals surface area contributed by atoms with E-state index >= 15 is 0 Å². The molecule has 0 aromatic heterocycles. The molecular weight excluding hydrogens is 399 g/mol. The normalized spacial score (nSPS) is 20.8. The highest BCUT2D eigenvalue weighted by atomic mass is 127. The quantitative estimate of drug-likeness (QED) is 0.725. The molecule has 3 rings (SSSR count). The number of rotatable bonds is 4. The highest BCUT2D eigenvalue weighted by molar-refractivity contribution is 14.0. The Morgan fingerprint density at radius 1 is 1.26 bits per heavy atom. The number of nitrogens with zero attached hydrogens (tertiary/aromatic N) is 2. The third kappa shape index (κ3) is 5.35. The van der Waals surface area contributed by atoms with Crippen molar-refractivity contribution in [1.82, 2.24) is 15.5 Å². The summed E-state index contributed by atoms with van der Waals surface area (Å²) >= 11 is 0. The van der Waals surface area contributed by atoms with Crippen molar-refractivity contribution in [2.75, 3.05) is 32.7 Å². The molecule has 128 valence electrons. The lowest BCUT2D eigenvalue weighted by Crippen LogP contribution is -2.46. The van der Waals surface area contributed by atoms with Crippen LogP contribution in [0.25, 0.3) is 0 Å². The van der Waals surface area contributed by atoms with Gasteiger partial charge in [-0.15, -0.1) is 24.0 Å². The van der Waals surface area contributed by atoms with E-state index in [0.717, 1.165) is 37.9 Å². The summed E-state index contributed by atoms with van der Waals surface area (Å²) in [7, 11) is 0. The van der Waals surface area contributed by atoms with Crippen molar-refractivity contribution < 1.29 is 0 Å². The molecular formula is C18H29IN4. The van der Waals surface area contributed by atoms with Gasteiger partial charge < -0.3 is 10.6 Å². The van der Waals surface area contributed by atoms with E-state index in [9.17, 15) is 0 Å². The summed E-state index contributed by atoms with van der Waals surface area (Å²) in [6.45, 7) is 7.65. The summed E-state index contributed by atoms with van der Waals surface area (Å²) in [5, 5.41) is 6.88. The molecule has 23 heavy (non-hydrogen) atoms. The summed E-state index contributed by atoms with van der Waals surface area (Å²) in [5.74, 6) is 1.84. The van der Waals surface area contributed by atoms with Crippen LogP contribution in [0.5, 0.6) is 0 Å². The fraction of sp³-hybridized carbons (Fsp3) is 0.611. The van der Waals surface area contributed by atoms with E-state index in [2.05, 4.69) is 57.8 Å². The number of likely N-dealkylation sites (tertiary alicyclic amines) is 1. The topological polar surface area (TPSA) is 39.7 Å². The molecule has 2 aliphatic heterocycles. The average Bonchev–Trinajstić information content (AvgIpc) is 2.58. The van der Waals surface area contributed by atoms with Gasteiger partial charge in [-0.1, -0.05) is 37.3 Å². The predicted molar refractivity (Wildman–Crippen MR) is 107 cm³/mol. The van der Waals surface area contributed by atoms with Gasteiger partial charge in [0.15, 0.2) is 5.96 Å². The first-order chi connectivity index (χ1) is 10.8. The lowest BCUT2D eigenvalue weighted by molar-refractivity contribution is 0.138. The minimum Gasteiger partial charge on any atom is -0.356 e. The Morgan fingerprint density at radius 3 is 2.65 bits per heavy atom. The molecule has 0 bridgehead atoms. The first-order valence-electron chi connectivity index (χ1n) is 8.64. The highest BCUT2D eigenvalue weighted by Crippen LogP contribution is 2.26. The second-order valence-corrected chi connectivity index (χ2v) is 6.54. The molecule has 0 radical (unpaired) electrons. The van der Waals surface area contributed by atoms with Crippen molar-refractivity contribution in [3.63, 3.8) is 0 Å². The molecule has 1 aromatic rings. The lowest BCUT2D eigenvalue weighted by atomic mass is 9.95. The minimum absolute atomic E-state index is 0. The number of hydrogen-bond acceptors (Lipinski definition) is 4. The van der Waals surface area contributed by atoms with Crippen LogP contribution in [0, 0.1) is 5.92 Å². The molecule has 5 heteroatoms. The van der Waals surface area contributed by atoms with Crippen LogP contribution < -0.4 is 10.6 Å². The van der Waals surface area contributed by atoms with Crippen LogP contribution in [0.3, 0.4) is 0 Å². The van der Waals surface area contributed by atoms with Crippen LogP contribution in [-0.2, 0) is 0 Å². The van der Waals surface area contributed by atoms with Crippen molar-refractivity contribution >= 4 is 29.9 Å². The molecule has 0 saturated carbocycles. The molecule has 2 aliphatic rings. The van der Waals surface area contributed by atoms with Crippen molar-refractivity contribution in [3.8, 4) is 0 Å². The Kier molecular flexibility index (Phi) is 7.62. The van der Waals surface area contributed by atoms with Gasteiger partial charge >= 0.3 is 0 Å². The number of aliphatic imine (C=N–C) groups is 1. The Labute approximate surface area is 157 Å². The first-order valence-corrected chi connectivity index (χ1v) is 8.64. The Balaban J connectivity index is 0.00000192. The van der Waals surface area contributed by atoms with Gasteiger partial charge in [0.1, 0.15) is 0 Å². The Bertz CT molecular complexity index is 483. The third-order valence-corrected chi connectivity index (χ3v) is 4.80. The summed E-state index contributed by atoms with van der Waals surface area (Å²) in [5.41, 5.74) is 1.40. The van der Waals surface area contributed by atoms with Gasteiger partial charge in [0, 0.05) is 19.6 Å². The van der Waals surface area contributed by atoms with Crippen LogP contribution in [-0.4, -0.2) is 43.6 Å². The van der Waals surface area contributed by atoms with Crippen molar-refractivity contribution in [3.05, 3.63) is 35.9 Å². The molecule has 0 spiro atoms. The van der Waals surface area contributed by atoms with Crippen LogP contribution in [0.2, 0.25) is 0 Å². The van der Waals surface area contributed by atoms with E-state index in [1.807, 2.05) is 0 Å². The van der Waals surface area contributed by atoms with Gasteiger partial charge in [0.2, 0.25) is 0 Å². The van der Waals surface area contributed by atoms with Crippen molar-refractivity contribution in [1.29, 1.82) is 0 Å². The van der Waals surface area contributed by atoms with Crippen molar-refractivity contribution in [2.45, 2.75) is 32.2 Å². The number of guanidine groups is 1. The van der Waals surface area contributed by atoms with Crippen LogP contribution >= 0.6 is 24.0 Å².